The topological polar surface area (TPSA) is 139 Å². The molecule has 1 saturated heterocycles. The highest BCUT2D eigenvalue weighted by molar-refractivity contribution is 5.62. The molecule has 2 aromatic rings. The van der Waals surface area contributed by atoms with Crippen LogP contribution in [0.15, 0.2) is 12.3 Å². The smallest absolute Gasteiger partial charge is 0.200 e. The summed E-state index contributed by atoms with van der Waals surface area (Å²) in [7, 11) is 0. The molecule has 3 rings (SSSR count). The van der Waals surface area contributed by atoms with Gasteiger partial charge >= 0.3 is 0 Å². The third kappa shape index (κ3) is 1.75. The van der Waals surface area contributed by atoms with E-state index in [2.05, 4.69) is 15.3 Å². The summed E-state index contributed by atoms with van der Waals surface area (Å²) in [5, 5.41) is 40.5. The van der Waals surface area contributed by atoms with E-state index in [-0.39, 0.29) is 5.82 Å². The Morgan fingerprint density at radius 2 is 2.11 bits per heavy atom. The van der Waals surface area contributed by atoms with Crippen LogP contribution >= 0.6 is 0 Å². The lowest BCUT2D eigenvalue weighted by atomic mass is 10.1. The molecule has 102 valence electrons. The first-order chi connectivity index (χ1) is 9.13. The van der Waals surface area contributed by atoms with Crippen LogP contribution in [0.2, 0.25) is 0 Å². The fourth-order valence-corrected chi connectivity index (χ4v) is 2.13. The number of hydrogen-bond acceptors (Lipinski definition) is 8. The van der Waals surface area contributed by atoms with Crippen molar-refractivity contribution in [2.45, 2.75) is 24.4 Å². The predicted molar refractivity (Wildman–Crippen MR) is 61.9 cm³/mol. The van der Waals surface area contributed by atoms with E-state index in [9.17, 15) is 10.2 Å². The van der Waals surface area contributed by atoms with Crippen LogP contribution in [0.4, 0.5) is 5.69 Å². The zero-order valence-electron chi connectivity index (χ0n) is 9.79. The fourth-order valence-electron chi connectivity index (χ4n) is 2.13. The van der Waals surface area contributed by atoms with E-state index in [1.54, 1.807) is 6.07 Å². The van der Waals surface area contributed by atoms with Crippen molar-refractivity contribution in [1.29, 1.82) is 0 Å². The molecule has 0 amide bonds. The Bertz CT molecular complexity index is 603. The molecule has 0 spiro atoms. The van der Waals surface area contributed by atoms with Crippen molar-refractivity contribution < 1.29 is 20.1 Å². The molecule has 0 aromatic carbocycles. The van der Waals surface area contributed by atoms with Gasteiger partial charge in [0.05, 0.1) is 18.5 Å². The molecule has 4 atom stereocenters. The summed E-state index contributed by atoms with van der Waals surface area (Å²) in [6.07, 6.45) is -2.72. The lowest BCUT2D eigenvalue weighted by Gasteiger charge is -2.12. The summed E-state index contributed by atoms with van der Waals surface area (Å²) in [4.78, 5) is 0. The van der Waals surface area contributed by atoms with Gasteiger partial charge in [-0.2, -0.15) is 9.61 Å². The number of nitrogen functional groups attached to an aromatic ring is 1. The van der Waals surface area contributed by atoms with Gasteiger partial charge in [0.1, 0.15) is 24.4 Å². The summed E-state index contributed by atoms with van der Waals surface area (Å²) in [5.41, 5.74) is 6.46. The summed E-state index contributed by atoms with van der Waals surface area (Å²) >= 11 is 0. The lowest BCUT2D eigenvalue weighted by Crippen LogP contribution is -2.32. The van der Waals surface area contributed by atoms with Crippen molar-refractivity contribution >= 4 is 11.3 Å². The van der Waals surface area contributed by atoms with Crippen molar-refractivity contribution in [3.05, 3.63) is 18.1 Å². The summed E-state index contributed by atoms with van der Waals surface area (Å²) in [6.45, 7) is -0.402. The van der Waals surface area contributed by atoms with Gasteiger partial charge in [0.25, 0.3) is 0 Å². The molecule has 3 heterocycles. The van der Waals surface area contributed by atoms with Crippen molar-refractivity contribution in [2.75, 3.05) is 12.3 Å². The summed E-state index contributed by atoms with van der Waals surface area (Å²) < 4.78 is 6.72. The number of aromatic nitrogens is 4. The van der Waals surface area contributed by atoms with Gasteiger partial charge in [-0.25, -0.2) is 0 Å². The second kappa shape index (κ2) is 4.38. The number of fused-ring (bicyclic) bond motifs is 1. The van der Waals surface area contributed by atoms with Gasteiger partial charge in [0.2, 0.25) is 5.65 Å². The molecule has 0 radical (unpaired) electrons. The van der Waals surface area contributed by atoms with Crippen LogP contribution in [0, 0.1) is 0 Å². The molecular weight excluding hydrogens is 254 g/mol. The molecule has 1 aliphatic heterocycles. The Morgan fingerprint density at radius 1 is 1.32 bits per heavy atom. The molecule has 2 aromatic heterocycles. The standard InChI is InChI=1S/C10H13N5O4/c11-4-1-2-12-15-9(4)13-14-10(15)8-7(18)6(17)5(3-16)19-8/h1-2,5-8,16-18H,3,11H2/t5-,6-,7-,8-/m1/s1. The number of aliphatic hydroxyl groups excluding tert-OH is 3. The van der Waals surface area contributed by atoms with Crippen LogP contribution in [0.5, 0.6) is 0 Å². The molecule has 19 heavy (non-hydrogen) atoms. The monoisotopic (exact) mass is 267 g/mol. The average Bonchev–Trinajstić information content (AvgIpc) is 2.94. The Labute approximate surface area is 107 Å². The number of ether oxygens (including phenoxy) is 1. The summed E-state index contributed by atoms with van der Waals surface area (Å²) in [5.74, 6) is 0.227. The first-order valence-electron chi connectivity index (χ1n) is 5.71. The number of hydrogen-bond donors (Lipinski definition) is 4. The highest BCUT2D eigenvalue weighted by atomic mass is 16.6. The van der Waals surface area contributed by atoms with Crippen LogP contribution in [-0.2, 0) is 4.74 Å². The molecule has 0 unspecified atom stereocenters. The molecule has 0 bridgehead atoms. The lowest BCUT2D eigenvalue weighted by molar-refractivity contribution is -0.0258. The molecule has 9 heteroatoms. The second-order valence-electron chi connectivity index (χ2n) is 4.34. The minimum Gasteiger partial charge on any atom is -0.396 e. The van der Waals surface area contributed by atoms with E-state index in [0.717, 1.165) is 0 Å². The van der Waals surface area contributed by atoms with E-state index >= 15 is 0 Å². The predicted octanol–water partition coefficient (Wildman–Crippen LogP) is -2.14. The Kier molecular flexibility index (Phi) is 2.82. The van der Waals surface area contributed by atoms with Gasteiger partial charge in [-0.05, 0) is 6.07 Å². The first-order valence-corrected chi connectivity index (χ1v) is 5.71. The number of nitrogens with zero attached hydrogens (tertiary/aromatic N) is 4. The quantitative estimate of drug-likeness (QED) is 0.483. The van der Waals surface area contributed by atoms with Crippen LogP contribution in [0.1, 0.15) is 11.9 Å². The largest absolute Gasteiger partial charge is 0.396 e. The van der Waals surface area contributed by atoms with E-state index in [4.69, 9.17) is 15.6 Å². The van der Waals surface area contributed by atoms with Crippen molar-refractivity contribution in [3.8, 4) is 0 Å². The van der Waals surface area contributed by atoms with Crippen LogP contribution in [-0.4, -0.2) is 60.0 Å². The van der Waals surface area contributed by atoms with E-state index in [1.807, 2.05) is 0 Å². The number of rotatable bonds is 2. The van der Waals surface area contributed by atoms with E-state index in [1.165, 1.54) is 10.7 Å². The number of nitrogens with two attached hydrogens (primary N) is 1. The normalized spacial score (nSPS) is 31.1. The SMILES string of the molecule is Nc1ccnn2c([C@@H]3O[C@H](CO)[C@@H](O)[C@H]3O)nnc12. The molecular formula is C10H13N5O4. The molecule has 0 aliphatic carbocycles. The number of anilines is 1. The minimum absolute atomic E-state index is 0.227. The highest BCUT2D eigenvalue weighted by Gasteiger charge is 2.45. The van der Waals surface area contributed by atoms with Crippen molar-refractivity contribution in [2.24, 2.45) is 0 Å². The van der Waals surface area contributed by atoms with Gasteiger partial charge in [0, 0.05) is 0 Å². The molecule has 5 N–H and O–H groups in total. The molecule has 0 saturated carbocycles. The minimum atomic E-state index is -1.22. The Hall–Kier alpha value is -1.81. The van der Waals surface area contributed by atoms with E-state index < -0.39 is 31.0 Å². The molecule has 1 aliphatic rings. The third-order valence-electron chi connectivity index (χ3n) is 3.16. The van der Waals surface area contributed by atoms with Crippen LogP contribution in [0.3, 0.4) is 0 Å². The Morgan fingerprint density at radius 3 is 2.79 bits per heavy atom. The molecule has 9 nitrogen and oxygen atoms in total. The summed E-state index contributed by atoms with van der Waals surface area (Å²) in [6, 6.07) is 1.57. The average molecular weight is 267 g/mol. The highest BCUT2D eigenvalue weighted by Crippen LogP contribution is 2.32. The fraction of sp³-hybridized carbons (Fsp3) is 0.500. The third-order valence-corrected chi connectivity index (χ3v) is 3.16. The zero-order chi connectivity index (χ0) is 13.6. The number of aliphatic hydroxyl groups is 3. The van der Waals surface area contributed by atoms with Gasteiger partial charge in [-0.3, -0.25) is 0 Å². The maximum atomic E-state index is 9.93. The van der Waals surface area contributed by atoms with Gasteiger partial charge < -0.3 is 25.8 Å². The van der Waals surface area contributed by atoms with Crippen LogP contribution in [0.25, 0.3) is 5.65 Å². The maximum Gasteiger partial charge on any atom is 0.200 e. The van der Waals surface area contributed by atoms with Gasteiger partial charge in [-0.1, -0.05) is 0 Å². The van der Waals surface area contributed by atoms with E-state index in [0.29, 0.717) is 11.3 Å². The van der Waals surface area contributed by atoms with Crippen LogP contribution < -0.4 is 5.73 Å². The first kappa shape index (κ1) is 12.2. The van der Waals surface area contributed by atoms with Gasteiger partial charge in [0.15, 0.2) is 5.82 Å². The zero-order valence-corrected chi connectivity index (χ0v) is 9.79. The van der Waals surface area contributed by atoms with Crippen molar-refractivity contribution in [1.82, 2.24) is 19.8 Å². The molecule has 1 fully saturated rings. The van der Waals surface area contributed by atoms with Crippen molar-refractivity contribution in [3.63, 3.8) is 0 Å². The maximum absolute atomic E-state index is 9.93. The Balaban J connectivity index is 2.04. The second-order valence-corrected chi connectivity index (χ2v) is 4.34. The van der Waals surface area contributed by atoms with Gasteiger partial charge in [-0.15, -0.1) is 10.2 Å².